The Labute approximate surface area is 84.0 Å². The topological polar surface area (TPSA) is 52.3 Å². The van der Waals surface area contributed by atoms with Gasteiger partial charge in [0, 0.05) is 5.69 Å². The van der Waals surface area contributed by atoms with Crippen molar-refractivity contribution in [3.05, 3.63) is 29.8 Å². The number of rotatable bonds is 2. The number of carbonyl (C=O) groups excluding carboxylic acids is 1. The van der Waals surface area contributed by atoms with Gasteiger partial charge in [-0.2, -0.15) is 0 Å². The number of halogens is 1. The average molecular weight is 277 g/mol. The molecule has 0 radical (unpaired) electrons. The first-order valence-corrected chi connectivity index (χ1v) is 4.86. The van der Waals surface area contributed by atoms with Crippen molar-refractivity contribution in [1.29, 1.82) is 0 Å². The van der Waals surface area contributed by atoms with Crippen LogP contribution in [0.25, 0.3) is 0 Å². The molecule has 12 heavy (non-hydrogen) atoms. The summed E-state index contributed by atoms with van der Waals surface area (Å²) in [6.07, 6.45) is 0. The minimum atomic E-state index is -0.373. The highest BCUT2D eigenvalue weighted by Gasteiger charge is 2.08. The zero-order valence-corrected chi connectivity index (χ0v) is 8.45. The van der Waals surface area contributed by atoms with Gasteiger partial charge in [0.15, 0.2) is 0 Å². The van der Waals surface area contributed by atoms with Crippen LogP contribution in [0.15, 0.2) is 24.3 Å². The van der Waals surface area contributed by atoms with Gasteiger partial charge in [-0.25, -0.2) is 4.79 Å². The van der Waals surface area contributed by atoms with Gasteiger partial charge in [-0.15, -0.1) is 0 Å². The Morgan fingerprint density at radius 2 is 2.17 bits per heavy atom. The maximum absolute atomic E-state index is 11.2. The van der Waals surface area contributed by atoms with Gasteiger partial charge in [-0.3, -0.25) is 0 Å². The molecule has 0 bridgehead atoms. The monoisotopic (exact) mass is 277 g/mol. The molecule has 0 spiro atoms. The molecule has 0 aliphatic carbocycles. The van der Waals surface area contributed by atoms with Crippen molar-refractivity contribution in [1.82, 2.24) is 0 Å². The highest BCUT2D eigenvalue weighted by Crippen LogP contribution is 2.11. The number of anilines is 1. The van der Waals surface area contributed by atoms with E-state index < -0.39 is 0 Å². The zero-order valence-electron chi connectivity index (χ0n) is 6.29. The number of nitrogen functional groups attached to an aromatic ring is 1. The molecule has 0 aliphatic rings. The predicted molar refractivity (Wildman–Crippen MR) is 55.2 cm³/mol. The lowest BCUT2D eigenvalue weighted by Gasteiger charge is -2.02. The Morgan fingerprint density at radius 1 is 1.50 bits per heavy atom. The Balaban J connectivity index is 2.87. The van der Waals surface area contributed by atoms with E-state index in [1.165, 1.54) is 0 Å². The smallest absolute Gasteiger partial charge is 0.341 e. The molecule has 1 aromatic carbocycles. The molecule has 0 atom stereocenters. The van der Waals surface area contributed by atoms with E-state index in [0.717, 1.165) is 0 Å². The first-order chi connectivity index (χ1) is 5.75. The number of hydrogen-bond donors (Lipinski definition) is 1. The molecule has 0 aliphatic heterocycles. The first-order valence-electron chi connectivity index (χ1n) is 3.33. The maximum atomic E-state index is 11.2. The average Bonchev–Trinajstić information content (AvgIpc) is 2.05. The minimum absolute atomic E-state index is 0.338. The fraction of sp³-hybridized carbons (Fsp3) is 0.125. The van der Waals surface area contributed by atoms with E-state index >= 15 is 0 Å². The highest BCUT2D eigenvalue weighted by atomic mass is 127. The number of nitrogens with two attached hydrogens (primary N) is 1. The summed E-state index contributed by atoms with van der Waals surface area (Å²) in [5.41, 5.74) is 6.42. The third kappa shape index (κ3) is 2.10. The zero-order chi connectivity index (χ0) is 8.97. The first kappa shape index (κ1) is 9.31. The lowest BCUT2D eigenvalue weighted by Crippen LogP contribution is -2.06. The van der Waals surface area contributed by atoms with Crippen molar-refractivity contribution in [2.24, 2.45) is 0 Å². The molecule has 0 saturated carbocycles. The molecule has 0 saturated heterocycles. The Morgan fingerprint density at radius 3 is 2.75 bits per heavy atom. The van der Waals surface area contributed by atoms with Gasteiger partial charge in [0.1, 0.15) is 4.61 Å². The van der Waals surface area contributed by atoms with Crippen LogP contribution in [0.4, 0.5) is 5.69 Å². The number of benzene rings is 1. The number of hydrogen-bond acceptors (Lipinski definition) is 3. The fourth-order valence-corrected chi connectivity index (χ4v) is 1.09. The van der Waals surface area contributed by atoms with Gasteiger partial charge in [0.25, 0.3) is 0 Å². The lowest BCUT2D eigenvalue weighted by atomic mass is 10.2. The number of ether oxygens (including phenoxy) is 1. The Bertz CT molecular complexity index is 288. The van der Waals surface area contributed by atoms with Crippen LogP contribution in [0.1, 0.15) is 10.4 Å². The van der Waals surface area contributed by atoms with Crippen LogP contribution >= 0.6 is 22.6 Å². The number of esters is 1. The normalized spacial score (nSPS) is 9.42. The summed E-state index contributed by atoms with van der Waals surface area (Å²) in [4.78, 5) is 11.2. The third-order valence-electron chi connectivity index (χ3n) is 1.37. The largest absolute Gasteiger partial charge is 0.451 e. The molecule has 4 heteroatoms. The van der Waals surface area contributed by atoms with Crippen LogP contribution in [0.5, 0.6) is 0 Å². The fourth-order valence-electron chi connectivity index (χ4n) is 0.810. The van der Waals surface area contributed by atoms with Crippen LogP contribution in [0.3, 0.4) is 0 Å². The van der Waals surface area contributed by atoms with Gasteiger partial charge in [0.2, 0.25) is 0 Å². The molecule has 0 unspecified atom stereocenters. The van der Waals surface area contributed by atoms with E-state index in [1.54, 1.807) is 24.3 Å². The van der Waals surface area contributed by atoms with E-state index in [9.17, 15) is 4.79 Å². The van der Waals surface area contributed by atoms with Gasteiger partial charge in [0.05, 0.1) is 5.56 Å². The van der Waals surface area contributed by atoms with Crippen LogP contribution in [-0.4, -0.2) is 10.6 Å². The molecule has 1 aromatic rings. The van der Waals surface area contributed by atoms with Crippen molar-refractivity contribution in [2.45, 2.75) is 0 Å². The van der Waals surface area contributed by atoms with Gasteiger partial charge >= 0.3 is 5.97 Å². The van der Waals surface area contributed by atoms with Crippen LogP contribution in [0.2, 0.25) is 0 Å². The van der Waals surface area contributed by atoms with E-state index in [2.05, 4.69) is 0 Å². The molecule has 0 amide bonds. The molecule has 64 valence electrons. The SMILES string of the molecule is Nc1ccccc1C(=O)OCI. The second-order valence-electron chi connectivity index (χ2n) is 2.13. The Kier molecular flexibility index (Phi) is 3.33. The second-order valence-corrected chi connectivity index (χ2v) is 2.75. The molecule has 0 aromatic heterocycles. The van der Waals surface area contributed by atoms with E-state index in [0.29, 0.717) is 15.9 Å². The van der Waals surface area contributed by atoms with Crippen molar-refractivity contribution >= 4 is 34.2 Å². The summed E-state index contributed by atoms with van der Waals surface area (Å²) in [5, 5.41) is 0. The number of carbonyl (C=O) groups is 1. The van der Waals surface area contributed by atoms with Gasteiger partial charge in [-0.05, 0) is 34.7 Å². The third-order valence-corrected chi connectivity index (χ3v) is 1.68. The summed E-state index contributed by atoms with van der Waals surface area (Å²) >= 11 is 1.96. The van der Waals surface area contributed by atoms with Crippen LogP contribution in [0, 0.1) is 0 Å². The van der Waals surface area contributed by atoms with Gasteiger partial charge < -0.3 is 10.5 Å². The Hall–Kier alpha value is -0.780. The van der Waals surface area contributed by atoms with E-state index in [-0.39, 0.29) is 5.97 Å². The minimum Gasteiger partial charge on any atom is -0.451 e. The summed E-state index contributed by atoms with van der Waals surface area (Å²) in [6.45, 7) is 0. The standard InChI is InChI=1S/C8H8INO2/c9-5-12-8(11)6-3-1-2-4-7(6)10/h1-4H,5,10H2. The quantitative estimate of drug-likeness (QED) is 0.388. The van der Waals surface area contributed by atoms with Crippen molar-refractivity contribution in [3.8, 4) is 0 Å². The molecule has 0 heterocycles. The maximum Gasteiger partial charge on any atom is 0.341 e. The summed E-state index contributed by atoms with van der Waals surface area (Å²) in [7, 11) is 0. The lowest BCUT2D eigenvalue weighted by molar-refractivity contribution is 0.0591. The molecule has 0 fully saturated rings. The van der Waals surface area contributed by atoms with Gasteiger partial charge in [-0.1, -0.05) is 12.1 Å². The molecular formula is C8H8INO2. The van der Waals surface area contributed by atoms with E-state index in [4.69, 9.17) is 10.5 Å². The number of alkyl halides is 1. The molecule has 1 rings (SSSR count). The predicted octanol–water partition coefficient (Wildman–Crippen LogP) is 1.82. The molecular weight excluding hydrogens is 269 g/mol. The van der Waals surface area contributed by atoms with E-state index in [1.807, 2.05) is 22.6 Å². The summed E-state index contributed by atoms with van der Waals surface area (Å²) < 4.78 is 5.11. The molecule has 3 nitrogen and oxygen atoms in total. The van der Waals surface area contributed by atoms with Crippen LogP contribution < -0.4 is 5.73 Å². The molecule has 2 N–H and O–H groups in total. The number of para-hydroxylation sites is 1. The second kappa shape index (κ2) is 4.30. The highest BCUT2D eigenvalue weighted by molar-refractivity contribution is 14.1. The van der Waals surface area contributed by atoms with Crippen molar-refractivity contribution in [2.75, 3.05) is 10.3 Å². The van der Waals surface area contributed by atoms with Crippen LogP contribution in [-0.2, 0) is 4.74 Å². The van der Waals surface area contributed by atoms with Crippen molar-refractivity contribution in [3.63, 3.8) is 0 Å². The van der Waals surface area contributed by atoms with Crippen molar-refractivity contribution < 1.29 is 9.53 Å². The summed E-state index contributed by atoms with van der Waals surface area (Å²) in [5.74, 6) is -0.373. The summed E-state index contributed by atoms with van der Waals surface area (Å²) in [6, 6.07) is 6.84.